The lowest BCUT2D eigenvalue weighted by Crippen LogP contribution is -2.38. The van der Waals surface area contributed by atoms with Gasteiger partial charge in [-0.25, -0.2) is 0 Å². The predicted molar refractivity (Wildman–Crippen MR) is 74.8 cm³/mol. The quantitative estimate of drug-likeness (QED) is 0.773. The molecule has 0 aromatic carbocycles. The van der Waals surface area contributed by atoms with E-state index in [0.717, 1.165) is 25.7 Å². The Morgan fingerprint density at radius 1 is 1.32 bits per heavy atom. The highest BCUT2D eigenvalue weighted by atomic mass is 16.4. The van der Waals surface area contributed by atoms with Crippen LogP contribution >= 0.6 is 0 Å². The highest BCUT2D eigenvalue weighted by Crippen LogP contribution is 2.29. The van der Waals surface area contributed by atoms with Gasteiger partial charge in [0.05, 0.1) is 5.92 Å². The molecule has 19 heavy (non-hydrogen) atoms. The molecule has 4 heteroatoms. The van der Waals surface area contributed by atoms with Gasteiger partial charge in [0.1, 0.15) is 0 Å². The van der Waals surface area contributed by atoms with Crippen LogP contribution in [0.15, 0.2) is 0 Å². The number of carboxylic acid groups (broad SMARTS) is 1. The van der Waals surface area contributed by atoms with Crippen LogP contribution in [0, 0.1) is 11.3 Å². The van der Waals surface area contributed by atoms with Crippen LogP contribution in [0.1, 0.15) is 59.8 Å². The van der Waals surface area contributed by atoms with Gasteiger partial charge >= 0.3 is 5.97 Å². The predicted octanol–water partition coefficient (Wildman–Crippen LogP) is 2.91. The Morgan fingerprint density at radius 3 is 2.32 bits per heavy atom. The Bertz CT molecular complexity index is 329. The number of hydrogen-bond acceptors (Lipinski definition) is 2. The minimum atomic E-state index is -0.826. The van der Waals surface area contributed by atoms with E-state index in [0.29, 0.717) is 19.0 Å². The van der Waals surface area contributed by atoms with Gasteiger partial charge < -0.3 is 10.0 Å². The van der Waals surface area contributed by atoms with Crippen LogP contribution in [0.5, 0.6) is 0 Å². The molecule has 0 aliphatic heterocycles. The highest BCUT2D eigenvalue weighted by Gasteiger charge is 2.34. The van der Waals surface area contributed by atoms with Crippen molar-refractivity contribution in [3.63, 3.8) is 0 Å². The summed E-state index contributed by atoms with van der Waals surface area (Å²) < 4.78 is 0. The molecule has 0 aromatic heterocycles. The van der Waals surface area contributed by atoms with Gasteiger partial charge in [0, 0.05) is 19.0 Å². The second-order valence-electron chi connectivity index (χ2n) is 6.93. The van der Waals surface area contributed by atoms with Gasteiger partial charge in [-0.05, 0) is 31.1 Å². The molecule has 110 valence electrons. The van der Waals surface area contributed by atoms with Gasteiger partial charge in [0.2, 0.25) is 5.91 Å². The first-order chi connectivity index (χ1) is 8.70. The lowest BCUT2D eigenvalue weighted by Gasteiger charge is -2.25. The molecule has 1 fully saturated rings. The van der Waals surface area contributed by atoms with E-state index in [1.807, 2.05) is 0 Å². The molecule has 0 heterocycles. The zero-order valence-corrected chi connectivity index (χ0v) is 12.6. The second kappa shape index (κ2) is 6.40. The average molecular weight is 269 g/mol. The van der Waals surface area contributed by atoms with Crippen LogP contribution in [-0.4, -0.2) is 34.5 Å². The maximum Gasteiger partial charge on any atom is 0.308 e. The third-order valence-electron chi connectivity index (χ3n) is 3.52. The van der Waals surface area contributed by atoms with Crippen molar-refractivity contribution in [2.75, 3.05) is 6.54 Å². The van der Waals surface area contributed by atoms with Crippen molar-refractivity contribution < 1.29 is 14.7 Å². The molecular formula is C15H27NO3. The van der Waals surface area contributed by atoms with Crippen LogP contribution in [0.4, 0.5) is 0 Å². The van der Waals surface area contributed by atoms with E-state index in [9.17, 15) is 9.59 Å². The third kappa shape index (κ3) is 6.08. The minimum absolute atomic E-state index is 0.125. The normalized spacial score (nSPS) is 17.1. The molecule has 0 radical (unpaired) electrons. The van der Waals surface area contributed by atoms with Crippen molar-refractivity contribution in [1.29, 1.82) is 0 Å². The smallest absolute Gasteiger partial charge is 0.308 e. The van der Waals surface area contributed by atoms with Crippen molar-refractivity contribution in [3.05, 3.63) is 0 Å². The lowest BCUT2D eigenvalue weighted by atomic mass is 9.90. The summed E-state index contributed by atoms with van der Waals surface area (Å²) in [7, 11) is 0. The second-order valence-corrected chi connectivity index (χ2v) is 6.93. The summed E-state index contributed by atoms with van der Waals surface area (Å²) in [5.74, 6) is -1.18. The fourth-order valence-corrected chi connectivity index (χ4v) is 2.13. The van der Waals surface area contributed by atoms with Crippen molar-refractivity contribution in [2.45, 2.75) is 65.8 Å². The monoisotopic (exact) mass is 269 g/mol. The van der Waals surface area contributed by atoms with E-state index < -0.39 is 11.9 Å². The molecule has 1 aliphatic carbocycles. The van der Waals surface area contributed by atoms with Crippen LogP contribution in [0.25, 0.3) is 0 Å². The summed E-state index contributed by atoms with van der Waals surface area (Å²) in [5, 5.41) is 8.96. The molecule has 1 amide bonds. The van der Waals surface area contributed by atoms with Gasteiger partial charge in [0.15, 0.2) is 0 Å². The third-order valence-corrected chi connectivity index (χ3v) is 3.52. The lowest BCUT2D eigenvalue weighted by molar-refractivity contribution is -0.143. The van der Waals surface area contributed by atoms with Crippen LogP contribution in [-0.2, 0) is 9.59 Å². The zero-order chi connectivity index (χ0) is 14.6. The molecule has 1 atom stereocenters. The Labute approximate surface area is 116 Å². The number of hydrogen-bond donors (Lipinski definition) is 1. The van der Waals surface area contributed by atoms with Gasteiger partial charge in [-0.15, -0.1) is 0 Å². The molecule has 0 bridgehead atoms. The SMILES string of the molecule is CC(CN(C(=O)CCCC(C)(C)C)C1CC1)C(=O)O. The average Bonchev–Trinajstić information content (AvgIpc) is 3.06. The van der Waals surface area contributed by atoms with Crippen LogP contribution in [0.2, 0.25) is 0 Å². The fraction of sp³-hybridized carbons (Fsp3) is 0.867. The number of carbonyl (C=O) groups is 2. The number of amides is 1. The molecular weight excluding hydrogens is 242 g/mol. The Morgan fingerprint density at radius 2 is 1.89 bits per heavy atom. The molecule has 0 aromatic rings. The van der Waals surface area contributed by atoms with Crippen molar-refractivity contribution in [3.8, 4) is 0 Å². The highest BCUT2D eigenvalue weighted by molar-refractivity contribution is 5.78. The summed E-state index contributed by atoms with van der Waals surface area (Å²) in [6.45, 7) is 8.53. The summed E-state index contributed by atoms with van der Waals surface area (Å²) in [5.41, 5.74) is 0.249. The molecule has 0 saturated heterocycles. The molecule has 1 rings (SSSR count). The number of carboxylic acids is 1. The topological polar surface area (TPSA) is 57.6 Å². The van der Waals surface area contributed by atoms with E-state index in [4.69, 9.17) is 5.11 Å². The maximum absolute atomic E-state index is 12.2. The van der Waals surface area contributed by atoms with E-state index >= 15 is 0 Å². The molecule has 1 aliphatic rings. The van der Waals surface area contributed by atoms with Crippen molar-refractivity contribution in [2.24, 2.45) is 11.3 Å². The number of carbonyl (C=O) groups excluding carboxylic acids is 1. The summed E-state index contributed by atoms with van der Waals surface area (Å²) in [6.07, 6.45) is 4.49. The van der Waals surface area contributed by atoms with E-state index in [1.54, 1.807) is 11.8 Å². The van der Waals surface area contributed by atoms with E-state index in [-0.39, 0.29) is 11.3 Å². The zero-order valence-electron chi connectivity index (χ0n) is 12.6. The van der Waals surface area contributed by atoms with Gasteiger partial charge in [-0.2, -0.15) is 0 Å². The van der Waals surface area contributed by atoms with Crippen LogP contribution in [0.3, 0.4) is 0 Å². The number of rotatable bonds is 7. The largest absolute Gasteiger partial charge is 0.481 e. The van der Waals surface area contributed by atoms with Crippen LogP contribution < -0.4 is 0 Å². The Balaban J connectivity index is 2.43. The van der Waals surface area contributed by atoms with Gasteiger partial charge in [0.25, 0.3) is 0 Å². The first kappa shape index (κ1) is 16.0. The molecule has 0 spiro atoms. The molecule has 1 saturated carbocycles. The van der Waals surface area contributed by atoms with Gasteiger partial charge in [-0.1, -0.05) is 27.7 Å². The van der Waals surface area contributed by atoms with Crippen molar-refractivity contribution in [1.82, 2.24) is 4.90 Å². The Kier molecular flexibility index (Phi) is 5.39. The summed E-state index contributed by atoms with van der Waals surface area (Å²) in [4.78, 5) is 24.9. The summed E-state index contributed by atoms with van der Waals surface area (Å²) >= 11 is 0. The molecule has 1 unspecified atom stereocenters. The standard InChI is InChI=1S/C15H27NO3/c1-11(14(18)19)10-16(12-7-8-12)13(17)6-5-9-15(2,3)4/h11-12H,5-10H2,1-4H3,(H,18,19). The van der Waals surface area contributed by atoms with E-state index in [2.05, 4.69) is 20.8 Å². The summed E-state index contributed by atoms with van der Waals surface area (Å²) in [6, 6.07) is 0.295. The van der Waals surface area contributed by atoms with Crippen molar-refractivity contribution >= 4 is 11.9 Å². The molecule has 1 N–H and O–H groups in total. The number of aliphatic carboxylic acids is 1. The number of nitrogens with zero attached hydrogens (tertiary/aromatic N) is 1. The van der Waals surface area contributed by atoms with E-state index in [1.165, 1.54) is 0 Å². The minimum Gasteiger partial charge on any atom is -0.481 e. The maximum atomic E-state index is 12.2. The Hall–Kier alpha value is -1.06. The van der Waals surface area contributed by atoms with Gasteiger partial charge in [-0.3, -0.25) is 9.59 Å². The molecule has 4 nitrogen and oxygen atoms in total. The first-order valence-electron chi connectivity index (χ1n) is 7.23. The fourth-order valence-electron chi connectivity index (χ4n) is 2.13. The first-order valence-corrected chi connectivity index (χ1v) is 7.23.